The predicted octanol–water partition coefficient (Wildman–Crippen LogP) is 1.84. The van der Waals surface area contributed by atoms with Crippen LogP contribution in [0, 0.1) is 19.8 Å². The number of aromatic nitrogens is 2. The van der Waals surface area contributed by atoms with E-state index in [4.69, 9.17) is 0 Å². The maximum atomic E-state index is 11.8. The molecule has 0 N–H and O–H groups in total. The number of halogens is 1. The molecule has 1 aliphatic heterocycles. The van der Waals surface area contributed by atoms with Gasteiger partial charge in [-0.2, -0.15) is 0 Å². The summed E-state index contributed by atoms with van der Waals surface area (Å²) in [7, 11) is 0. The van der Waals surface area contributed by atoms with Crippen molar-refractivity contribution in [3.8, 4) is 0 Å². The molecule has 0 bridgehead atoms. The molecule has 1 atom stereocenters. The standard InChI is InChI=1S/C11H14BrN3O/c1-7-3-8(2)14-11(13-7)15-6-9(5-12)4-10(15)16/h3,9H,4-6H2,1-2H3. The van der Waals surface area contributed by atoms with E-state index in [9.17, 15) is 4.79 Å². The summed E-state index contributed by atoms with van der Waals surface area (Å²) in [4.78, 5) is 22.1. The Morgan fingerprint density at radius 1 is 1.44 bits per heavy atom. The lowest BCUT2D eigenvalue weighted by Gasteiger charge is -2.14. The van der Waals surface area contributed by atoms with E-state index in [1.165, 1.54) is 0 Å². The van der Waals surface area contributed by atoms with Crippen LogP contribution in [0.1, 0.15) is 17.8 Å². The van der Waals surface area contributed by atoms with Crippen LogP contribution in [0.25, 0.3) is 0 Å². The quantitative estimate of drug-likeness (QED) is 0.778. The summed E-state index contributed by atoms with van der Waals surface area (Å²) >= 11 is 3.41. The van der Waals surface area contributed by atoms with Crippen LogP contribution < -0.4 is 4.90 Å². The van der Waals surface area contributed by atoms with Gasteiger partial charge in [-0.15, -0.1) is 0 Å². The molecule has 0 aliphatic carbocycles. The highest BCUT2D eigenvalue weighted by Gasteiger charge is 2.31. The SMILES string of the molecule is Cc1cc(C)nc(N2CC(CBr)CC2=O)n1. The molecule has 16 heavy (non-hydrogen) atoms. The molecular weight excluding hydrogens is 270 g/mol. The van der Waals surface area contributed by atoms with E-state index in [-0.39, 0.29) is 5.91 Å². The van der Waals surface area contributed by atoms with Crippen LogP contribution in [0.4, 0.5) is 5.95 Å². The molecule has 1 unspecified atom stereocenters. The first kappa shape index (κ1) is 11.5. The van der Waals surface area contributed by atoms with Crippen molar-refractivity contribution < 1.29 is 4.79 Å². The van der Waals surface area contributed by atoms with Crippen LogP contribution in [0.15, 0.2) is 6.07 Å². The van der Waals surface area contributed by atoms with E-state index in [1.807, 2.05) is 19.9 Å². The van der Waals surface area contributed by atoms with Gasteiger partial charge in [-0.25, -0.2) is 9.97 Å². The number of amides is 1. The van der Waals surface area contributed by atoms with E-state index < -0.39 is 0 Å². The minimum absolute atomic E-state index is 0.120. The topological polar surface area (TPSA) is 46.1 Å². The molecule has 0 radical (unpaired) electrons. The van der Waals surface area contributed by atoms with Gasteiger partial charge in [0.2, 0.25) is 11.9 Å². The fourth-order valence-corrected chi connectivity index (χ4v) is 2.34. The molecule has 0 saturated carbocycles. The molecule has 1 amide bonds. The van der Waals surface area contributed by atoms with Crippen LogP contribution in [-0.2, 0) is 4.79 Å². The van der Waals surface area contributed by atoms with Gasteiger partial charge in [0, 0.05) is 29.7 Å². The molecule has 1 aliphatic rings. The number of aryl methyl sites for hydroxylation is 2. The lowest BCUT2D eigenvalue weighted by atomic mass is 10.2. The number of hydrogen-bond donors (Lipinski definition) is 0. The Labute approximate surface area is 103 Å². The average molecular weight is 284 g/mol. The molecule has 2 rings (SSSR count). The Kier molecular flexibility index (Phi) is 3.23. The Morgan fingerprint density at radius 2 is 2.06 bits per heavy atom. The first-order valence-corrected chi connectivity index (χ1v) is 6.41. The summed E-state index contributed by atoms with van der Waals surface area (Å²) < 4.78 is 0. The minimum Gasteiger partial charge on any atom is -0.280 e. The molecule has 1 aromatic heterocycles. The van der Waals surface area contributed by atoms with Crippen molar-refractivity contribution in [2.75, 3.05) is 16.8 Å². The van der Waals surface area contributed by atoms with E-state index in [2.05, 4.69) is 25.9 Å². The molecule has 1 fully saturated rings. The van der Waals surface area contributed by atoms with E-state index in [1.54, 1.807) is 4.90 Å². The Bertz CT molecular complexity index is 401. The van der Waals surface area contributed by atoms with Crippen LogP contribution in [-0.4, -0.2) is 27.7 Å². The summed E-state index contributed by atoms with van der Waals surface area (Å²) in [5.74, 6) is 1.04. The highest BCUT2D eigenvalue weighted by molar-refractivity contribution is 9.09. The Morgan fingerprint density at radius 3 is 2.56 bits per heavy atom. The fourth-order valence-electron chi connectivity index (χ4n) is 1.91. The lowest BCUT2D eigenvalue weighted by molar-refractivity contribution is -0.117. The number of alkyl halides is 1. The van der Waals surface area contributed by atoms with Crippen molar-refractivity contribution in [2.24, 2.45) is 5.92 Å². The van der Waals surface area contributed by atoms with Crippen molar-refractivity contribution in [1.29, 1.82) is 0 Å². The van der Waals surface area contributed by atoms with Gasteiger partial charge < -0.3 is 0 Å². The maximum Gasteiger partial charge on any atom is 0.232 e. The van der Waals surface area contributed by atoms with Gasteiger partial charge in [0.05, 0.1) is 0 Å². The first-order chi connectivity index (χ1) is 7.60. The van der Waals surface area contributed by atoms with Gasteiger partial charge in [-0.05, 0) is 25.8 Å². The zero-order valence-electron chi connectivity index (χ0n) is 9.40. The van der Waals surface area contributed by atoms with E-state index >= 15 is 0 Å². The Hall–Kier alpha value is -0.970. The Balaban J connectivity index is 2.27. The second-order valence-corrected chi connectivity index (χ2v) is 4.83. The normalized spacial score (nSPS) is 20.6. The third kappa shape index (κ3) is 2.24. The van der Waals surface area contributed by atoms with Gasteiger partial charge in [0.1, 0.15) is 0 Å². The summed E-state index contributed by atoms with van der Waals surface area (Å²) in [6, 6.07) is 1.91. The minimum atomic E-state index is 0.120. The second kappa shape index (κ2) is 4.49. The van der Waals surface area contributed by atoms with Crippen molar-refractivity contribution in [3.63, 3.8) is 0 Å². The fraction of sp³-hybridized carbons (Fsp3) is 0.545. The molecule has 1 saturated heterocycles. The van der Waals surface area contributed by atoms with Crippen LogP contribution in [0.3, 0.4) is 0 Å². The van der Waals surface area contributed by atoms with Crippen molar-refractivity contribution in [3.05, 3.63) is 17.5 Å². The van der Waals surface area contributed by atoms with Crippen LogP contribution >= 0.6 is 15.9 Å². The van der Waals surface area contributed by atoms with E-state index in [0.717, 1.165) is 16.7 Å². The molecule has 2 heterocycles. The first-order valence-electron chi connectivity index (χ1n) is 5.28. The molecule has 0 aromatic carbocycles. The maximum absolute atomic E-state index is 11.8. The molecule has 1 aromatic rings. The smallest absolute Gasteiger partial charge is 0.232 e. The van der Waals surface area contributed by atoms with Crippen LogP contribution in [0.2, 0.25) is 0 Å². The second-order valence-electron chi connectivity index (χ2n) is 4.18. The highest BCUT2D eigenvalue weighted by Crippen LogP contribution is 2.23. The van der Waals surface area contributed by atoms with Crippen molar-refractivity contribution >= 4 is 27.8 Å². The monoisotopic (exact) mass is 283 g/mol. The number of nitrogens with zero attached hydrogens (tertiary/aromatic N) is 3. The third-order valence-electron chi connectivity index (χ3n) is 2.64. The van der Waals surface area contributed by atoms with Crippen molar-refractivity contribution in [1.82, 2.24) is 9.97 Å². The predicted molar refractivity (Wildman–Crippen MR) is 65.8 cm³/mol. The van der Waals surface area contributed by atoms with Gasteiger partial charge in [-0.1, -0.05) is 15.9 Å². The number of carbonyl (C=O) groups excluding carboxylic acids is 1. The zero-order chi connectivity index (χ0) is 11.7. The van der Waals surface area contributed by atoms with Crippen molar-refractivity contribution in [2.45, 2.75) is 20.3 Å². The summed E-state index contributed by atoms with van der Waals surface area (Å²) in [6.07, 6.45) is 0.585. The molecular formula is C11H14BrN3O. The van der Waals surface area contributed by atoms with Gasteiger partial charge >= 0.3 is 0 Å². The van der Waals surface area contributed by atoms with Gasteiger partial charge in [-0.3, -0.25) is 9.69 Å². The van der Waals surface area contributed by atoms with Gasteiger partial charge in [0.15, 0.2) is 0 Å². The number of carbonyl (C=O) groups is 1. The average Bonchev–Trinajstić information content (AvgIpc) is 2.58. The molecule has 0 spiro atoms. The third-order valence-corrected chi connectivity index (χ3v) is 3.55. The summed E-state index contributed by atoms with van der Waals surface area (Å²) in [6.45, 7) is 4.55. The zero-order valence-corrected chi connectivity index (χ0v) is 11.0. The van der Waals surface area contributed by atoms with E-state index in [0.29, 0.717) is 24.8 Å². The summed E-state index contributed by atoms with van der Waals surface area (Å²) in [5, 5.41) is 0.847. The number of anilines is 1. The molecule has 86 valence electrons. The summed E-state index contributed by atoms with van der Waals surface area (Å²) in [5.41, 5.74) is 1.80. The lowest BCUT2D eigenvalue weighted by Crippen LogP contribution is -2.27. The van der Waals surface area contributed by atoms with Gasteiger partial charge in [0.25, 0.3) is 0 Å². The van der Waals surface area contributed by atoms with Crippen LogP contribution in [0.5, 0.6) is 0 Å². The number of hydrogen-bond acceptors (Lipinski definition) is 3. The molecule has 4 nitrogen and oxygen atoms in total. The largest absolute Gasteiger partial charge is 0.280 e. The highest BCUT2D eigenvalue weighted by atomic mass is 79.9. The number of rotatable bonds is 2. The molecule has 5 heteroatoms.